The number of thiocarbonyl (C=S) groups is 1. The Hall–Kier alpha value is -2.05. The van der Waals surface area contributed by atoms with Crippen molar-refractivity contribution in [1.82, 2.24) is 0 Å². The van der Waals surface area contributed by atoms with E-state index in [1.165, 1.54) is 11.8 Å². The van der Waals surface area contributed by atoms with Gasteiger partial charge in [0.2, 0.25) is 4.38 Å². The molecule has 1 aliphatic rings. The van der Waals surface area contributed by atoms with Gasteiger partial charge in [-0.25, -0.2) is 0 Å². The van der Waals surface area contributed by atoms with E-state index in [4.69, 9.17) is 26.4 Å². The maximum Gasteiger partial charge on any atom is 0.316 e. The van der Waals surface area contributed by atoms with Crippen molar-refractivity contribution in [2.24, 2.45) is 5.92 Å². The van der Waals surface area contributed by atoms with Crippen molar-refractivity contribution in [3.8, 4) is 5.75 Å². The molecule has 0 N–H and O–H groups in total. The molecule has 0 heterocycles. The molecule has 1 aromatic carbocycles. The van der Waals surface area contributed by atoms with Crippen molar-refractivity contribution in [3.05, 3.63) is 66.3 Å². The van der Waals surface area contributed by atoms with Crippen LogP contribution in [0, 0.1) is 5.92 Å². The van der Waals surface area contributed by atoms with Crippen LogP contribution in [0.4, 0.5) is 0 Å². The van der Waals surface area contributed by atoms with E-state index in [0.717, 1.165) is 11.3 Å². The predicted octanol–water partition coefficient (Wildman–Crippen LogP) is 4.33. The molecule has 138 valence electrons. The molecule has 2 rings (SSSR count). The molecule has 1 atom stereocenters. The number of thioether (sulfide) groups is 1. The number of carbonyl (C=O) groups excluding carboxylic acids is 1. The van der Waals surface area contributed by atoms with E-state index >= 15 is 0 Å². The van der Waals surface area contributed by atoms with Gasteiger partial charge in [0, 0.05) is 5.75 Å². The molecular formula is C20H22O4S2. The standard InChI is InChI=1S/C20H22O4S2/c1-2-22-19(21)17-8-6-7-16(11-12-17)15-26-20(25)24-14-13-23-18-9-4-3-5-10-18/h3-12,17H,2,13-15H2,1H3. The summed E-state index contributed by atoms with van der Waals surface area (Å²) in [6.45, 7) is 3.03. The molecule has 1 aromatic rings. The summed E-state index contributed by atoms with van der Waals surface area (Å²) in [7, 11) is 0. The van der Waals surface area contributed by atoms with Gasteiger partial charge in [0.1, 0.15) is 19.0 Å². The summed E-state index contributed by atoms with van der Waals surface area (Å²) < 4.78 is 16.6. The Morgan fingerprint density at radius 1 is 1.15 bits per heavy atom. The van der Waals surface area contributed by atoms with Crippen molar-refractivity contribution in [2.75, 3.05) is 25.6 Å². The Balaban J connectivity index is 1.66. The molecule has 0 bridgehead atoms. The minimum Gasteiger partial charge on any atom is -0.490 e. The average molecular weight is 391 g/mol. The summed E-state index contributed by atoms with van der Waals surface area (Å²) in [6.07, 6.45) is 9.42. The molecule has 26 heavy (non-hydrogen) atoms. The number of ether oxygens (including phenoxy) is 3. The lowest BCUT2D eigenvalue weighted by molar-refractivity contribution is -0.144. The van der Waals surface area contributed by atoms with Crippen molar-refractivity contribution in [1.29, 1.82) is 0 Å². The zero-order valence-corrected chi connectivity index (χ0v) is 16.3. The largest absolute Gasteiger partial charge is 0.490 e. The van der Waals surface area contributed by atoms with Crippen molar-refractivity contribution >= 4 is 34.3 Å². The minimum atomic E-state index is -0.341. The minimum absolute atomic E-state index is 0.237. The van der Waals surface area contributed by atoms with Crippen LogP contribution in [-0.4, -0.2) is 35.9 Å². The number of para-hydroxylation sites is 1. The second-order valence-corrected chi connectivity index (χ2v) is 6.89. The summed E-state index contributed by atoms with van der Waals surface area (Å²) in [4.78, 5) is 11.8. The van der Waals surface area contributed by atoms with E-state index in [-0.39, 0.29) is 11.9 Å². The molecule has 0 radical (unpaired) electrons. The summed E-state index contributed by atoms with van der Waals surface area (Å²) in [6, 6.07) is 9.58. The maximum absolute atomic E-state index is 11.8. The molecule has 0 aromatic heterocycles. The Kier molecular flexibility index (Phi) is 9.00. The van der Waals surface area contributed by atoms with Crippen LogP contribution >= 0.6 is 24.0 Å². The van der Waals surface area contributed by atoms with Crippen LogP contribution in [0.15, 0.2) is 66.3 Å². The van der Waals surface area contributed by atoms with E-state index in [1.807, 2.05) is 60.7 Å². The lowest BCUT2D eigenvalue weighted by Crippen LogP contribution is -2.13. The first-order valence-electron chi connectivity index (χ1n) is 8.38. The first-order chi connectivity index (χ1) is 12.7. The molecule has 0 fully saturated rings. The number of allylic oxidation sites excluding steroid dienone is 3. The molecule has 0 saturated heterocycles. The lowest BCUT2D eigenvalue weighted by Gasteiger charge is -2.09. The predicted molar refractivity (Wildman–Crippen MR) is 109 cm³/mol. The van der Waals surface area contributed by atoms with Gasteiger partial charge in [-0.3, -0.25) is 4.79 Å². The van der Waals surface area contributed by atoms with Crippen LogP contribution in [0.5, 0.6) is 5.75 Å². The smallest absolute Gasteiger partial charge is 0.316 e. The second kappa shape index (κ2) is 11.5. The summed E-state index contributed by atoms with van der Waals surface area (Å²) >= 11 is 6.67. The molecule has 1 aliphatic carbocycles. The van der Waals surface area contributed by atoms with E-state index < -0.39 is 0 Å². The molecule has 4 nitrogen and oxygen atoms in total. The average Bonchev–Trinajstić information content (AvgIpc) is 2.90. The number of rotatable bonds is 8. The van der Waals surface area contributed by atoms with Gasteiger partial charge in [-0.05, 0) is 36.8 Å². The highest BCUT2D eigenvalue weighted by Crippen LogP contribution is 2.17. The van der Waals surface area contributed by atoms with Crippen molar-refractivity contribution < 1.29 is 19.0 Å². The Morgan fingerprint density at radius 3 is 2.73 bits per heavy atom. The molecule has 0 saturated carbocycles. The van der Waals surface area contributed by atoms with Gasteiger partial charge >= 0.3 is 5.97 Å². The van der Waals surface area contributed by atoms with Gasteiger partial charge in [0.15, 0.2) is 0 Å². The van der Waals surface area contributed by atoms with E-state index in [9.17, 15) is 4.79 Å². The number of hydrogen-bond acceptors (Lipinski definition) is 6. The third-order valence-electron chi connectivity index (χ3n) is 3.38. The first-order valence-corrected chi connectivity index (χ1v) is 9.78. The number of hydrogen-bond donors (Lipinski definition) is 0. The third-order valence-corrected chi connectivity index (χ3v) is 4.68. The van der Waals surface area contributed by atoms with Gasteiger partial charge in [0.05, 0.1) is 12.5 Å². The first kappa shape index (κ1) is 20.3. The maximum atomic E-state index is 11.8. The van der Waals surface area contributed by atoms with Gasteiger partial charge < -0.3 is 14.2 Å². The topological polar surface area (TPSA) is 44.8 Å². The van der Waals surface area contributed by atoms with Gasteiger partial charge in [-0.1, -0.05) is 60.3 Å². The van der Waals surface area contributed by atoms with Crippen LogP contribution in [0.3, 0.4) is 0 Å². The number of esters is 1. The fourth-order valence-electron chi connectivity index (χ4n) is 2.12. The third kappa shape index (κ3) is 7.45. The molecule has 0 spiro atoms. The summed E-state index contributed by atoms with van der Waals surface area (Å²) in [5.41, 5.74) is 1.06. The lowest BCUT2D eigenvalue weighted by atomic mass is 10.1. The highest BCUT2D eigenvalue weighted by Gasteiger charge is 2.14. The van der Waals surface area contributed by atoms with Crippen LogP contribution in [-0.2, 0) is 14.3 Å². The molecule has 0 amide bonds. The van der Waals surface area contributed by atoms with Crippen LogP contribution in [0.25, 0.3) is 0 Å². The van der Waals surface area contributed by atoms with Crippen molar-refractivity contribution in [2.45, 2.75) is 6.92 Å². The monoisotopic (exact) mass is 390 g/mol. The Labute approximate surface area is 163 Å². The quantitative estimate of drug-likeness (QED) is 0.374. The fraction of sp³-hybridized carbons (Fsp3) is 0.300. The van der Waals surface area contributed by atoms with Crippen LogP contribution in [0.1, 0.15) is 6.92 Å². The summed E-state index contributed by atoms with van der Waals surface area (Å²) in [5.74, 6) is 0.910. The highest BCUT2D eigenvalue weighted by molar-refractivity contribution is 8.22. The van der Waals surface area contributed by atoms with Gasteiger partial charge in [-0.2, -0.15) is 0 Å². The van der Waals surface area contributed by atoms with Crippen molar-refractivity contribution in [3.63, 3.8) is 0 Å². The SMILES string of the molecule is CCOC(=O)C1C=CC=C(CSC(=S)OCCOc2ccccc2)C=C1. The van der Waals surface area contributed by atoms with Crippen LogP contribution < -0.4 is 4.74 Å². The molecular weight excluding hydrogens is 368 g/mol. The zero-order chi connectivity index (χ0) is 18.6. The van der Waals surface area contributed by atoms with Gasteiger partial charge in [0.25, 0.3) is 0 Å². The highest BCUT2D eigenvalue weighted by atomic mass is 32.2. The Bertz CT molecular complexity index is 680. The van der Waals surface area contributed by atoms with Gasteiger partial charge in [-0.15, -0.1) is 0 Å². The molecule has 0 aliphatic heterocycles. The van der Waals surface area contributed by atoms with E-state index in [1.54, 1.807) is 6.92 Å². The second-order valence-electron chi connectivity index (χ2n) is 5.31. The normalized spacial score (nSPS) is 15.7. The zero-order valence-electron chi connectivity index (χ0n) is 14.6. The number of carbonyl (C=O) groups is 1. The van der Waals surface area contributed by atoms with Crippen LogP contribution in [0.2, 0.25) is 0 Å². The number of benzene rings is 1. The van der Waals surface area contributed by atoms with E-state index in [2.05, 4.69) is 0 Å². The van der Waals surface area contributed by atoms with E-state index in [0.29, 0.717) is 30.0 Å². The molecule has 1 unspecified atom stereocenters. The molecule has 6 heteroatoms. The summed E-state index contributed by atoms with van der Waals surface area (Å²) in [5, 5.41) is 0. The fourth-order valence-corrected chi connectivity index (χ4v) is 3.03. The Morgan fingerprint density at radius 2 is 1.96 bits per heavy atom.